The molecule has 0 aromatic heterocycles. The maximum Gasteiger partial charge on any atom is 0.220 e. The van der Waals surface area contributed by atoms with Crippen LogP contribution in [0.15, 0.2) is 11.6 Å². The molecule has 28 heavy (non-hydrogen) atoms. The molecule has 0 spiro atoms. The van der Waals surface area contributed by atoms with Crippen LogP contribution in [0.1, 0.15) is 77.0 Å². The molecule has 1 N–H and O–H groups in total. The molecule has 4 rings (SSSR count). The molecule has 3 aliphatic heterocycles. The molecule has 3 fully saturated rings. The minimum Gasteiger partial charge on any atom is -0.356 e. The van der Waals surface area contributed by atoms with Crippen molar-refractivity contribution in [3.63, 3.8) is 0 Å². The van der Waals surface area contributed by atoms with Gasteiger partial charge in [-0.25, -0.2) is 0 Å². The quantitative estimate of drug-likeness (QED) is 0.672. The predicted molar refractivity (Wildman–Crippen MR) is 115 cm³/mol. The van der Waals surface area contributed by atoms with Gasteiger partial charge in [0.1, 0.15) is 0 Å². The molecule has 0 radical (unpaired) electrons. The van der Waals surface area contributed by atoms with Crippen LogP contribution in [0.25, 0.3) is 0 Å². The summed E-state index contributed by atoms with van der Waals surface area (Å²) < 4.78 is 0. The smallest absolute Gasteiger partial charge is 0.220 e. The number of rotatable bonds is 7. The Morgan fingerprint density at radius 2 is 2.04 bits per heavy atom. The average Bonchev–Trinajstić information content (AvgIpc) is 2.71. The summed E-state index contributed by atoms with van der Waals surface area (Å²) in [6.45, 7) is 4.75. The molecule has 0 bridgehead atoms. The number of amides is 1. The normalized spacial score (nSPS) is 33.8. The monoisotopic (exact) mass is 387 g/mol. The number of hydrogen-bond donors (Lipinski definition) is 1. The van der Waals surface area contributed by atoms with E-state index in [1.165, 1.54) is 77.4 Å². The van der Waals surface area contributed by atoms with Crippen molar-refractivity contribution in [2.45, 2.75) is 89.1 Å². The first-order valence-corrected chi connectivity index (χ1v) is 12.1. The van der Waals surface area contributed by atoms with Crippen LogP contribution in [0.5, 0.6) is 0 Å². The fraction of sp³-hybridized carbons (Fsp3) is 0.875. The number of nitrogens with one attached hydrogen (secondary N) is 1. The van der Waals surface area contributed by atoms with Gasteiger partial charge in [-0.05, 0) is 103 Å². The third kappa shape index (κ3) is 4.81. The van der Waals surface area contributed by atoms with Gasteiger partial charge in [0.05, 0.1) is 0 Å². The number of piperidine rings is 3. The summed E-state index contributed by atoms with van der Waals surface area (Å²) >= 11 is 0. The lowest BCUT2D eigenvalue weighted by atomic mass is 9.69. The van der Waals surface area contributed by atoms with Gasteiger partial charge < -0.3 is 10.2 Å². The molecule has 1 amide bonds. The first-order chi connectivity index (χ1) is 13.7. The van der Waals surface area contributed by atoms with Crippen molar-refractivity contribution >= 4 is 5.91 Å². The Morgan fingerprint density at radius 1 is 1.18 bits per heavy atom. The Hall–Kier alpha value is -0.870. The minimum atomic E-state index is 0.260. The Balaban J connectivity index is 1.20. The van der Waals surface area contributed by atoms with Gasteiger partial charge in [-0.3, -0.25) is 9.69 Å². The van der Waals surface area contributed by atoms with Crippen LogP contribution >= 0.6 is 0 Å². The van der Waals surface area contributed by atoms with Crippen molar-refractivity contribution in [2.24, 2.45) is 11.8 Å². The molecular weight excluding hydrogens is 346 g/mol. The molecule has 4 atom stereocenters. The SMILES string of the molecule is CN1C[C@@H]2CCCN3CCC[C@@H]([C@H]23)[C@H]1CCCC(=O)NCCC1=CCCCC1. The second-order valence-corrected chi connectivity index (χ2v) is 9.84. The van der Waals surface area contributed by atoms with Crippen molar-refractivity contribution in [3.8, 4) is 0 Å². The van der Waals surface area contributed by atoms with E-state index in [-0.39, 0.29) is 5.91 Å². The Kier molecular flexibility index (Phi) is 7.11. The summed E-state index contributed by atoms with van der Waals surface area (Å²) in [6.07, 6.45) is 17.1. The zero-order valence-electron chi connectivity index (χ0n) is 18.0. The Labute approximate surface area is 172 Å². The average molecular weight is 388 g/mol. The molecule has 1 aliphatic carbocycles. The summed E-state index contributed by atoms with van der Waals surface area (Å²) in [4.78, 5) is 17.8. The van der Waals surface area contributed by atoms with Crippen molar-refractivity contribution in [1.29, 1.82) is 0 Å². The summed E-state index contributed by atoms with van der Waals surface area (Å²) in [5.74, 6) is 1.98. The molecule has 158 valence electrons. The topological polar surface area (TPSA) is 35.6 Å². The Morgan fingerprint density at radius 3 is 2.86 bits per heavy atom. The second kappa shape index (κ2) is 9.75. The zero-order valence-corrected chi connectivity index (χ0v) is 18.0. The molecule has 0 aromatic carbocycles. The number of carbonyl (C=O) groups excluding carboxylic acids is 1. The summed E-state index contributed by atoms with van der Waals surface area (Å²) in [6, 6.07) is 1.52. The van der Waals surface area contributed by atoms with Crippen LogP contribution in [0.4, 0.5) is 0 Å². The summed E-state index contributed by atoms with van der Waals surface area (Å²) in [5.41, 5.74) is 1.55. The van der Waals surface area contributed by atoms with Gasteiger partial charge in [0.15, 0.2) is 0 Å². The largest absolute Gasteiger partial charge is 0.356 e. The van der Waals surface area contributed by atoms with Crippen molar-refractivity contribution in [3.05, 3.63) is 11.6 Å². The van der Waals surface area contributed by atoms with Gasteiger partial charge in [-0.1, -0.05) is 11.6 Å². The van der Waals surface area contributed by atoms with Gasteiger partial charge in [-0.15, -0.1) is 0 Å². The van der Waals surface area contributed by atoms with Gasteiger partial charge in [0, 0.05) is 31.6 Å². The number of allylic oxidation sites excluding steroid dienone is 1. The maximum absolute atomic E-state index is 12.3. The maximum atomic E-state index is 12.3. The van der Waals surface area contributed by atoms with Crippen molar-refractivity contribution < 1.29 is 4.79 Å². The van der Waals surface area contributed by atoms with E-state index in [9.17, 15) is 4.79 Å². The van der Waals surface area contributed by atoms with Gasteiger partial charge in [0.25, 0.3) is 0 Å². The molecule has 4 heteroatoms. The van der Waals surface area contributed by atoms with E-state index in [0.717, 1.165) is 37.3 Å². The molecule has 0 aromatic rings. The lowest BCUT2D eigenvalue weighted by Crippen LogP contribution is -2.63. The van der Waals surface area contributed by atoms with Crippen molar-refractivity contribution in [2.75, 3.05) is 33.2 Å². The highest BCUT2D eigenvalue weighted by atomic mass is 16.1. The Bertz CT molecular complexity index is 558. The molecule has 0 unspecified atom stereocenters. The van der Waals surface area contributed by atoms with E-state index in [1.54, 1.807) is 5.57 Å². The molecule has 4 aliphatic rings. The first-order valence-electron chi connectivity index (χ1n) is 12.1. The standard InChI is InChI=1S/C24H41N3O/c1-26-18-20-10-6-16-27-17-7-11-21(24(20)27)22(26)12-5-13-23(28)25-15-14-19-8-3-2-4-9-19/h8,20-22,24H,2-7,9-18H2,1H3,(H,25,28)/t20-,21+,22+,24-/m0/s1. The van der Waals surface area contributed by atoms with Gasteiger partial charge in [0.2, 0.25) is 5.91 Å². The lowest BCUT2D eigenvalue weighted by molar-refractivity contribution is -0.121. The highest BCUT2D eigenvalue weighted by Crippen LogP contribution is 2.42. The van der Waals surface area contributed by atoms with Crippen LogP contribution < -0.4 is 5.32 Å². The molecule has 0 saturated carbocycles. The highest BCUT2D eigenvalue weighted by molar-refractivity contribution is 5.75. The second-order valence-electron chi connectivity index (χ2n) is 9.84. The molecule has 3 saturated heterocycles. The fourth-order valence-electron chi connectivity index (χ4n) is 6.70. The van der Waals surface area contributed by atoms with E-state index >= 15 is 0 Å². The number of likely N-dealkylation sites (tertiary alicyclic amines) is 1. The van der Waals surface area contributed by atoms with Crippen molar-refractivity contribution in [1.82, 2.24) is 15.1 Å². The van der Waals surface area contributed by atoms with Crippen LogP contribution in [-0.2, 0) is 4.79 Å². The molecular formula is C24H41N3O. The molecule has 4 nitrogen and oxygen atoms in total. The third-order valence-corrected chi connectivity index (χ3v) is 7.99. The number of hydrogen-bond acceptors (Lipinski definition) is 3. The summed E-state index contributed by atoms with van der Waals surface area (Å²) in [5, 5.41) is 3.17. The van der Waals surface area contributed by atoms with E-state index in [1.807, 2.05) is 0 Å². The van der Waals surface area contributed by atoms with Crippen LogP contribution in [0, 0.1) is 11.8 Å². The number of nitrogens with zero attached hydrogens (tertiary/aromatic N) is 2. The zero-order chi connectivity index (χ0) is 19.3. The molecule has 3 heterocycles. The van der Waals surface area contributed by atoms with Gasteiger partial charge in [-0.2, -0.15) is 0 Å². The lowest BCUT2D eigenvalue weighted by Gasteiger charge is -2.57. The van der Waals surface area contributed by atoms with Crippen LogP contribution in [-0.4, -0.2) is 61.0 Å². The van der Waals surface area contributed by atoms with E-state index in [0.29, 0.717) is 12.5 Å². The number of carbonyl (C=O) groups is 1. The van der Waals surface area contributed by atoms with E-state index < -0.39 is 0 Å². The predicted octanol–water partition coefficient (Wildman–Crippen LogP) is 3.97. The highest BCUT2D eigenvalue weighted by Gasteiger charge is 2.47. The van der Waals surface area contributed by atoms with Crippen LogP contribution in [0.3, 0.4) is 0 Å². The van der Waals surface area contributed by atoms with E-state index in [2.05, 4.69) is 28.2 Å². The first kappa shape index (κ1) is 20.4. The third-order valence-electron chi connectivity index (χ3n) is 7.99. The van der Waals surface area contributed by atoms with Crippen LogP contribution in [0.2, 0.25) is 0 Å². The van der Waals surface area contributed by atoms with Gasteiger partial charge >= 0.3 is 0 Å². The fourth-order valence-corrected chi connectivity index (χ4v) is 6.70. The minimum absolute atomic E-state index is 0.260. The summed E-state index contributed by atoms with van der Waals surface area (Å²) in [7, 11) is 2.34. The van der Waals surface area contributed by atoms with E-state index in [4.69, 9.17) is 0 Å².